The molecule has 7 heteroatoms. The van der Waals surface area contributed by atoms with Gasteiger partial charge in [-0.25, -0.2) is 4.98 Å². The zero-order valence-corrected chi connectivity index (χ0v) is 13.2. The molecule has 2 aliphatic heterocycles. The van der Waals surface area contributed by atoms with Gasteiger partial charge in [-0.05, 0) is 20.3 Å². The van der Waals surface area contributed by atoms with Gasteiger partial charge in [-0.3, -0.25) is 0 Å². The third kappa shape index (κ3) is 3.16. The summed E-state index contributed by atoms with van der Waals surface area (Å²) in [5.41, 5.74) is -0.121. The fourth-order valence-corrected chi connectivity index (χ4v) is 2.84. The van der Waals surface area contributed by atoms with E-state index < -0.39 is 11.7 Å². The molecule has 3 rings (SSSR count). The van der Waals surface area contributed by atoms with Gasteiger partial charge >= 0.3 is 0 Å². The average molecular weight is 308 g/mol. The first-order valence-corrected chi connectivity index (χ1v) is 7.79. The predicted molar refractivity (Wildman–Crippen MR) is 83.3 cm³/mol. The van der Waals surface area contributed by atoms with E-state index in [2.05, 4.69) is 14.9 Å². The topological polar surface area (TPSA) is 82.0 Å². The molecule has 2 fully saturated rings. The van der Waals surface area contributed by atoms with Crippen molar-refractivity contribution in [2.45, 2.75) is 32.0 Å². The molecular weight excluding hydrogens is 284 g/mol. The predicted octanol–water partition coefficient (Wildman–Crippen LogP) is -0.0564. The zero-order chi connectivity index (χ0) is 15.7. The van der Waals surface area contributed by atoms with E-state index in [0.29, 0.717) is 38.7 Å². The molecule has 7 nitrogen and oxygen atoms in total. The number of piperidine rings is 1. The third-order valence-electron chi connectivity index (χ3n) is 4.45. The Labute approximate surface area is 130 Å². The number of aromatic nitrogens is 2. The van der Waals surface area contributed by atoms with Crippen LogP contribution in [0.1, 0.15) is 19.0 Å². The smallest absolute Gasteiger partial charge is 0.227 e. The van der Waals surface area contributed by atoms with E-state index in [9.17, 15) is 10.2 Å². The summed E-state index contributed by atoms with van der Waals surface area (Å²) < 4.78 is 5.37. The molecule has 1 aromatic rings. The molecule has 0 unspecified atom stereocenters. The molecule has 0 amide bonds. The molecule has 2 N–H and O–H groups in total. The van der Waals surface area contributed by atoms with Crippen LogP contribution in [-0.2, 0) is 4.74 Å². The summed E-state index contributed by atoms with van der Waals surface area (Å²) in [6.45, 7) is 7.65. The van der Waals surface area contributed by atoms with Crippen LogP contribution in [0.5, 0.6) is 0 Å². The van der Waals surface area contributed by atoms with Crippen molar-refractivity contribution in [2.24, 2.45) is 0 Å². The van der Waals surface area contributed by atoms with Crippen molar-refractivity contribution in [3.05, 3.63) is 11.8 Å². The third-order valence-corrected chi connectivity index (χ3v) is 4.45. The highest BCUT2D eigenvalue weighted by Crippen LogP contribution is 2.26. The highest BCUT2D eigenvalue weighted by Gasteiger charge is 2.37. The number of β-amino-alcohol motifs (C(OH)–C–C–N with tert-alkyl or cyclic N) is 1. The van der Waals surface area contributed by atoms with Crippen molar-refractivity contribution < 1.29 is 14.9 Å². The Morgan fingerprint density at radius 2 is 1.95 bits per heavy atom. The lowest BCUT2D eigenvalue weighted by molar-refractivity contribution is -0.0722. The second kappa shape index (κ2) is 5.98. The van der Waals surface area contributed by atoms with Crippen LogP contribution in [0.4, 0.5) is 11.8 Å². The van der Waals surface area contributed by atoms with E-state index in [1.807, 2.05) is 17.9 Å². The summed E-state index contributed by atoms with van der Waals surface area (Å²) in [5.74, 6) is 1.52. The summed E-state index contributed by atoms with van der Waals surface area (Å²) in [4.78, 5) is 13.3. The van der Waals surface area contributed by atoms with Crippen LogP contribution in [-0.4, -0.2) is 71.3 Å². The molecule has 3 heterocycles. The molecule has 0 spiro atoms. The van der Waals surface area contributed by atoms with E-state index in [0.717, 1.165) is 24.6 Å². The fraction of sp³-hybridized carbons (Fsp3) is 0.733. The van der Waals surface area contributed by atoms with Gasteiger partial charge in [0.05, 0.1) is 24.9 Å². The summed E-state index contributed by atoms with van der Waals surface area (Å²) in [6, 6.07) is 1.93. The van der Waals surface area contributed by atoms with Crippen molar-refractivity contribution in [3.8, 4) is 0 Å². The zero-order valence-electron chi connectivity index (χ0n) is 13.2. The Morgan fingerprint density at radius 3 is 2.64 bits per heavy atom. The standard InChI is InChI=1S/C15H24N4O3/c1-11-9-13(19-4-3-15(2,21)12(20)10-19)17-14(16-11)18-5-7-22-8-6-18/h9,12,20-21H,3-8,10H2,1-2H3/t12-,15-/m0/s1. The quantitative estimate of drug-likeness (QED) is 0.792. The first-order valence-electron chi connectivity index (χ1n) is 7.79. The molecular formula is C15H24N4O3. The number of hydrogen-bond donors (Lipinski definition) is 2. The molecule has 2 saturated heterocycles. The Hall–Kier alpha value is -1.44. The number of aryl methyl sites for hydroxylation is 1. The minimum absolute atomic E-state index is 0.381. The van der Waals surface area contributed by atoms with E-state index in [4.69, 9.17) is 4.74 Å². The normalized spacial score (nSPS) is 29.7. The lowest BCUT2D eigenvalue weighted by atomic mass is 9.91. The molecule has 0 aliphatic carbocycles. The lowest BCUT2D eigenvalue weighted by Gasteiger charge is -2.40. The van der Waals surface area contributed by atoms with Gasteiger partial charge in [-0.15, -0.1) is 0 Å². The molecule has 0 aromatic carbocycles. The first kappa shape index (κ1) is 15.5. The van der Waals surface area contributed by atoms with E-state index >= 15 is 0 Å². The van der Waals surface area contributed by atoms with Gasteiger partial charge in [-0.2, -0.15) is 4.98 Å². The van der Waals surface area contributed by atoms with Gasteiger partial charge in [0.2, 0.25) is 5.95 Å². The van der Waals surface area contributed by atoms with Crippen LogP contribution in [0.25, 0.3) is 0 Å². The lowest BCUT2D eigenvalue weighted by Crippen LogP contribution is -2.54. The fourth-order valence-electron chi connectivity index (χ4n) is 2.84. The maximum atomic E-state index is 10.1. The van der Waals surface area contributed by atoms with Crippen molar-refractivity contribution in [2.75, 3.05) is 49.2 Å². The van der Waals surface area contributed by atoms with E-state index in [1.165, 1.54) is 0 Å². The number of hydrogen-bond acceptors (Lipinski definition) is 7. The molecule has 1 aromatic heterocycles. The maximum absolute atomic E-state index is 10.1. The largest absolute Gasteiger partial charge is 0.388 e. The van der Waals surface area contributed by atoms with Crippen molar-refractivity contribution in [1.29, 1.82) is 0 Å². The summed E-state index contributed by atoms with van der Waals surface area (Å²) in [5, 5.41) is 20.2. The molecule has 0 saturated carbocycles. The number of anilines is 2. The Bertz CT molecular complexity index is 532. The van der Waals surface area contributed by atoms with Crippen LogP contribution in [0.3, 0.4) is 0 Å². The van der Waals surface area contributed by atoms with Gasteiger partial charge in [0.1, 0.15) is 5.82 Å². The molecule has 2 atom stereocenters. The molecule has 0 bridgehead atoms. The Morgan fingerprint density at radius 1 is 1.23 bits per heavy atom. The van der Waals surface area contributed by atoms with Gasteiger partial charge in [0.25, 0.3) is 0 Å². The number of aliphatic hydroxyl groups is 2. The Kier molecular flexibility index (Phi) is 4.20. The summed E-state index contributed by atoms with van der Waals surface area (Å²) >= 11 is 0. The van der Waals surface area contributed by atoms with Crippen molar-refractivity contribution >= 4 is 11.8 Å². The van der Waals surface area contributed by atoms with Gasteiger partial charge in [0, 0.05) is 37.9 Å². The second-order valence-corrected chi connectivity index (χ2v) is 6.34. The number of aliphatic hydroxyl groups excluding tert-OH is 1. The van der Waals surface area contributed by atoms with E-state index in [-0.39, 0.29) is 0 Å². The summed E-state index contributed by atoms with van der Waals surface area (Å²) in [7, 11) is 0. The minimum atomic E-state index is -1.02. The number of ether oxygens (including phenoxy) is 1. The SMILES string of the molecule is Cc1cc(N2CC[C@](C)(O)[C@@H](O)C2)nc(N2CCOCC2)n1. The van der Waals surface area contributed by atoms with Crippen LogP contribution in [0.15, 0.2) is 6.07 Å². The monoisotopic (exact) mass is 308 g/mol. The van der Waals surface area contributed by atoms with Crippen LogP contribution < -0.4 is 9.80 Å². The van der Waals surface area contributed by atoms with Gasteiger partial charge in [-0.1, -0.05) is 0 Å². The highest BCUT2D eigenvalue weighted by molar-refractivity contribution is 5.47. The minimum Gasteiger partial charge on any atom is -0.388 e. The van der Waals surface area contributed by atoms with Gasteiger partial charge in [0.15, 0.2) is 0 Å². The summed E-state index contributed by atoms with van der Waals surface area (Å²) in [6.07, 6.45) is -0.257. The highest BCUT2D eigenvalue weighted by atomic mass is 16.5. The molecule has 22 heavy (non-hydrogen) atoms. The Balaban J connectivity index is 1.80. The second-order valence-electron chi connectivity index (χ2n) is 6.34. The van der Waals surface area contributed by atoms with Crippen LogP contribution in [0.2, 0.25) is 0 Å². The average Bonchev–Trinajstić information content (AvgIpc) is 2.50. The maximum Gasteiger partial charge on any atom is 0.227 e. The molecule has 0 radical (unpaired) electrons. The first-order chi connectivity index (χ1) is 10.5. The molecule has 122 valence electrons. The number of morpholine rings is 1. The number of rotatable bonds is 2. The molecule has 2 aliphatic rings. The van der Waals surface area contributed by atoms with Gasteiger partial charge < -0.3 is 24.7 Å². The van der Waals surface area contributed by atoms with E-state index in [1.54, 1.807) is 6.92 Å². The van der Waals surface area contributed by atoms with Crippen LogP contribution in [0, 0.1) is 6.92 Å². The van der Waals surface area contributed by atoms with Crippen LogP contribution >= 0.6 is 0 Å². The van der Waals surface area contributed by atoms with Crippen molar-refractivity contribution in [1.82, 2.24) is 9.97 Å². The van der Waals surface area contributed by atoms with Crippen molar-refractivity contribution in [3.63, 3.8) is 0 Å². The number of nitrogens with zero attached hydrogens (tertiary/aromatic N) is 4.